The second-order valence-electron chi connectivity index (χ2n) is 2.94. The number of hydrogen-bond acceptors (Lipinski definition) is 4. The fourth-order valence-corrected chi connectivity index (χ4v) is 3.38. The second-order valence-corrected chi connectivity index (χ2v) is 6.89. The summed E-state index contributed by atoms with van der Waals surface area (Å²) in [5.41, 5.74) is 0. The molecule has 6 heteroatoms. The van der Waals surface area contributed by atoms with Crippen molar-refractivity contribution < 1.29 is 12.6 Å². The predicted octanol–water partition coefficient (Wildman–Crippen LogP) is -0.611. The third-order valence-corrected chi connectivity index (χ3v) is 4.09. The lowest BCUT2D eigenvalue weighted by Crippen LogP contribution is -2.16. The van der Waals surface area contributed by atoms with E-state index in [0.29, 0.717) is 5.75 Å². The molecule has 0 bridgehead atoms. The first kappa shape index (κ1) is 13.1. The van der Waals surface area contributed by atoms with Gasteiger partial charge in [-0.15, -0.1) is 0 Å². The van der Waals surface area contributed by atoms with Gasteiger partial charge in [-0.05, 0) is 20.0 Å². The topological polar surface area (TPSA) is 63.2 Å². The molecule has 0 aliphatic rings. The largest absolute Gasteiger partial charge is 0.320 e. The maximum Gasteiger partial charge on any atom is 0.148 e. The third kappa shape index (κ3) is 9.98. The number of rotatable bonds is 7. The van der Waals surface area contributed by atoms with Crippen molar-refractivity contribution in [3.05, 3.63) is 0 Å². The van der Waals surface area contributed by atoms with E-state index in [-0.39, 0.29) is 11.5 Å². The Kier molecular flexibility index (Phi) is 6.53. The molecule has 0 aliphatic carbocycles. The lowest BCUT2D eigenvalue weighted by Gasteiger charge is -2.00. The summed E-state index contributed by atoms with van der Waals surface area (Å²) in [5, 5.41) is 2.94. The van der Waals surface area contributed by atoms with Crippen LogP contribution in [0.3, 0.4) is 0 Å². The van der Waals surface area contributed by atoms with Crippen LogP contribution in [-0.4, -0.2) is 49.7 Å². The Labute approximate surface area is 82.5 Å². The molecule has 0 rings (SSSR count). The number of nitrogens with one attached hydrogen (secondary N) is 1. The first-order valence-electron chi connectivity index (χ1n) is 4.13. The lowest BCUT2D eigenvalue weighted by molar-refractivity contribution is 0.602. The van der Waals surface area contributed by atoms with E-state index in [1.807, 2.05) is 7.05 Å². The maximum atomic E-state index is 11.2. The van der Waals surface area contributed by atoms with Gasteiger partial charge in [0, 0.05) is 28.6 Å². The van der Waals surface area contributed by atoms with Gasteiger partial charge >= 0.3 is 0 Å². The van der Waals surface area contributed by atoms with Gasteiger partial charge in [-0.3, -0.25) is 4.21 Å². The molecule has 0 aromatic carbocycles. The molecule has 1 unspecified atom stereocenters. The zero-order chi connectivity index (χ0) is 10.3. The van der Waals surface area contributed by atoms with E-state index in [4.69, 9.17) is 0 Å². The van der Waals surface area contributed by atoms with Crippen LogP contribution in [0.15, 0.2) is 0 Å². The standard InChI is InChI=1S/C7H17NO3S2/c1-8-4-3-5-12(9)6-7-13(2,10)11/h8H,3-7H2,1-2H3. The van der Waals surface area contributed by atoms with Crippen molar-refractivity contribution in [2.75, 3.05) is 37.1 Å². The average molecular weight is 227 g/mol. The highest BCUT2D eigenvalue weighted by molar-refractivity contribution is 7.92. The first-order chi connectivity index (χ1) is 5.95. The Morgan fingerprint density at radius 2 is 1.92 bits per heavy atom. The SMILES string of the molecule is CNCCCS(=O)CCS(C)(=O)=O. The Morgan fingerprint density at radius 3 is 2.38 bits per heavy atom. The molecule has 0 saturated heterocycles. The van der Waals surface area contributed by atoms with Crippen molar-refractivity contribution in [1.82, 2.24) is 5.32 Å². The van der Waals surface area contributed by atoms with Crippen molar-refractivity contribution in [2.24, 2.45) is 0 Å². The molecular weight excluding hydrogens is 210 g/mol. The molecule has 4 nitrogen and oxygen atoms in total. The average Bonchev–Trinajstić information content (AvgIpc) is 2.00. The number of sulfone groups is 1. The highest BCUT2D eigenvalue weighted by Crippen LogP contribution is 1.90. The zero-order valence-electron chi connectivity index (χ0n) is 8.08. The van der Waals surface area contributed by atoms with Crippen molar-refractivity contribution in [1.29, 1.82) is 0 Å². The van der Waals surface area contributed by atoms with Gasteiger partial charge in [0.05, 0.1) is 5.75 Å². The molecule has 0 spiro atoms. The second kappa shape index (κ2) is 6.50. The van der Waals surface area contributed by atoms with E-state index in [2.05, 4.69) is 5.32 Å². The zero-order valence-corrected chi connectivity index (χ0v) is 9.71. The quantitative estimate of drug-likeness (QED) is 0.589. The van der Waals surface area contributed by atoms with E-state index in [0.717, 1.165) is 19.2 Å². The minimum Gasteiger partial charge on any atom is -0.320 e. The van der Waals surface area contributed by atoms with Crippen LogP contribution in [0, 0.1) is 0 Å². The van der Waals surface area contributed by atoms with Gasteiger partial charge in [-0.2, -0.15) is 0 Å². The molecule has 0 aromatic rings. The van der Waals surface area contributed by atoms with Gasteiger partial charge in [0.15, 0.2) is 0 Å². The summed E-state index contributed by atoms with van der Waals surface area (Å²) in [5.74, 6) is 0.873. The molecular formula is C7H17NO3S2. The van der Waals surface area contributed by atoms with Crippen LogP contribution < -0.4 is 5.32 Å². The van der Waals surface area contributed by atoms with Crippen LogP contribution in [0.1, 0.15) is 6.42 Å². The van der Waals surface area contributed by atoms with Crippen molar-refractivity contribution >= 4 is 20.6 Å². The van der Waals surface area contributed by atoms with Crippen LogP contribution in [0.5, 0.6) is 0 Å². The first-order valence-corrected chi connectivity index (χ1v) is 7.68. The highest BCUT2D eigenvalue weighted by Gasteiger charge is 2.05. The molecule has 0 radical (unpaired) electrons. The monoisotopic (exact) mass is 227 g/mol. The van der Waals surface area contributed by atoms with E-state index >= 15 is 0 Å². The fourth-order valence-electron chi connectivity index (χ4n) is 0.756. The number of hydrogen-bond donors (Lipinski definition) is 1. The summed E-state index contributed by atoms with van der Waals surface area (Å²) in [7, 11) is -2.11. The molecule has 0 aromatic heterocycles. The van der Waals surface area contributed by atoms with E-state index in [1.54, 1.807) is 0 Å². The van der Waals surface area contributed by atoms with E-state index in [9.17, 15) is 12.6 Å². The summed E-state index contributed by atoms with van der Waals surface area (Å²) in [6.07, 6.45) is 1.99. The summed E-state index contributed by atoms with van der Waals surface area (Å²) in [6.45, 7) is 0.824. The van der Waals surface area contributed by atoms with Gasteiger partial charge < -0.3 is 5.32 Å². The van der Waals surface area contributed by atoms with Crippen LogP contribution in [-0.2, 0) is 20.6 Å². The summed E-state index contributed by atoms with van der Waals surface area (Å²) in [6, 6.07) is 0. The van der Waals surface area contributed by atoms with E-state index < -0.39 is 20.6 Å². The van der Waals surface area contributed by atoms with Gasteiger partial charge in [0.2, 0.25) is 0 Å². The van der Waals surface area contributed by atoms with Crippen molar-refractivity contribution in [3.63, 3.8) is 0 Å². The van der Waals surface area contributed by atoms with Crippen LogP contribution >= 0.6 is 0 Å². The third-order valence-electron chi connectivity index (χ3n) is 1.48. The predicted molar refractivity (Wildman–Crippen MR) is 56.1 cm³/mol. The molecule has 0 amide bonds. The van der Waals surface area contributed by atoms with E-state index in [1.165, 1.54) is 0 Å². The minimum absolute atomic E-state index is 0.0269. The normalized spacial score (nSPS) is 14.3. The Bertz CT molecular complexity index is 248. The molecule has 0 aliphatic heterocycles. The molecule has 1 N–H and O–H groups in total. The minimum atomic E-state index is -2.96. The molecule has 0 fully saturated rings. The Hall–Kier alpha value is 0.0600. The van der Waals surface area contributed by atoms with Crippen molar-refractivity contribution in [3.8, 4) is 0 Å². The summed E-state index contributed by atoms with van der Waals surface area (Å²) in [4.78, 5) is 0. The van der Waals surface area contributed by atoms with Crippen LogP contribution in [0.25, 0.3) is 0 Å². The lowest BCUT2D eigenvalue weighted by atomic mass is 10.5. The summed E-state index contributed by atoms with van der Waals surface area (Å²) >= 11 is 0. The van der Waals surface area contributed by atoms with Gasteiger partial charge in [-0.25, -0.2) is 8.42 Å². The molecule has 80 valence electrons. The van der Waals surface area contributed by atoms with Crippen molar-refractivity contribution in [2.45, 2.75) is 6.42 Å². The Morgan fingerprint density at radius 1 is 1.31 bits per heavy atom. The summed E-state index contributed by atoms with van der Waals surface area (Å²) < 4.78 is 32.6. The molecule has 1 atom stereocenters. The smallest absolute Gasteiger partial charge is 0.148 e. The maximum absolute atomic E-state index is 11.2. The Balaban J connectivity index is 3.53. The highest BCUT2D eigenvalue weighted by atomic mass is 32.2. The fraction of sp³-hybridized carbons (Fsp3) is 1.00. The molecule has 13 heavy (non-hydrogen) atoms. The van der Waals surface area contributed by atoms with Crippen LogP contribution in [0.2, 0.25) is 0 Å². The van der Waals surface area contributed by atoms with Crippen LogP contribution in [0.4, 0.5) is 0 Å². The van der Waals surface area contributed by atoms with Gasteiger partial charge in [0.25, 0.3) is 0 Å². The molecule has 0 heterocycles. The molecule has 0 saturated carbocycles. The van der Waals surface area contributed by atoms with Gasteiger partial charge in [-0.1, -0.05) is 0 Å². The van der Waals surface area contributed by atoms with Gasteiger partial charge in [0.1, 0.15) is 9.84 Å².